The molecule has 1 aromatic heterocycles. The van der Waals surface area contributed by atoms with Gasteiger partial charge >= 0.3 is 0 Å². The number of carbonyl (C=O) groups is 1. The van der Waals surface area contributed by atoms with Crippen LogP contribution < -0.4 is 10.7 Å². The van der Waals surface area contributed by atoms with Gasteiger partial charge in [-0.1, -0.05) is 33.6 Å². The molecule has 0 spiro atoms. The molecule has 4 nitrogen and oxygen atoms in total. The number of benzene rings is 2. The van der Waals surface area contributed by atoms with E-state index < -0.39 is 0 Å². The van der Waals surface area contributed by atoms with Crippen LogP contribution >= 0.6 is 15.9 Å². The summed E-state index contributed by atoms with van der Waals surface area (Å²) in [6.07, 6.45) is 2.57. The molecule has 1 N–H and O–H groups in total. The third-order valence-electron chi connectivity index (χ3n) is 5.32. The van der Waals surface area contributed by atoms with Crippen LogP contribution in [0.5, 0.6) is 0 Å². The number of amides is 1. The molecule has 0 unspecified atom stereocenters. The van der Waals surface area contributed by atoms with Gasteiger partial charge in [0, 0.05) is 27.8 Å². The van der Waals surface area contributed by atoms with Gasteiger partial charge in [0.25, 0.3) is 5.91 Å². The van der Waals surface area contributed by atoms with E-state index in [4.69, 9.17) is 0 Å². The average Bonchev–Trinajstić information content (AvgIpc) is 2.89. The maximum Gasteiger partial charge on any atom is 0.261 e. The number of nitrogens with one attached hydrogen (secondary N) is 1. The van der Waals surface area contributed by atoms with Crippen LogP contribution in [0.2, 0.25) is 0 Å². The van der Waals surface area contributed by atoms with Gasteiger partial charge in [0.05, 0.1) is 5.52 Å². The maximum absolute atomic E-state index is 13.1. The quantitative estimate of drug-likeness (QED) is 0.624. The highest BCUT2D eigenvalue weighted by Gasteiger charge is 2.25. The summed E-state index contributed by atoms with van der Waals surface area (Å²) in [5.41, 5.74) is 5.94. The minimum atomic E-state index is -0.360. The standard InChI is InChI=1S/C22H21BrN2O2/c1-11-5-12(2)19(13(3)6-11)24-22(27)18-10-25-14(4)7-15-8-16(23)9-17(20(15)25)21(18)26/h5-6,8-10,14H,7H2,1-4H3,(H,24,27)/t14-/m0/s1. The summed E-state index contributed by atoms with van der Waals surface area (Å²) in [5, 5.41) is 3.55. The van der Waals surface area contributed by atoms with Crippen molar-refractivity contribution in [1.82, 2.24) is 4.57 Å². The molecule has 1 atom stereocenters. The van der Waals surface area contributed by atoms with E-state index in [2.05, 4.69) is 38.8 Å². The molecule has 3 aromatic rings. The fourth-order valence-corrected chi connectivity index (χ4v) is 4.69. The summed E-state index contributed by atoms with van der Waals surface area (Å²) in [4.78, 5) is 26.1. The first kappa shape index (κ1) is 18.0. The summed E-state index contributed by atoms with van der Waals surface area (Å²) >= 11 is 3.49. The fourth-order valence-electron chi connectivity index (χ4n) is 4.18. The minimum Gasteiger partial charge on any atom is -0.343 e. The number of anilines is 1. The van der Waals surface area contributed by atoms with E-state index in [1.165, 1.54) is 0 Å². The molecule has 5 heteroatoms. The second-order valence-electron chi connectivity index (χ2n) is 7.52. The fraction of sp³-hybridized carbons (Fsp3) is 0.273. The van der Waals surface area contributed by atoms with Gasteiger partial charge in [-0.3, -0.25) is 9.59 Å². The van der Waals surface area contributed by atoms with Crippen LogP contribution in [0.3, 0.4) is 0 Å². The molecule has 4 rings (SSSR count). The lowest BCUT2D eigenvalue weighted by molar-refractivity contribution is 0.102. The number of halogens is 1. The molecular weight excluding hydrogens is 404 g/mol. The summed E-state index contributed by atoms with van der Waals surface area (Å²) < 4.78 is 2.92. The van der Waals surface area contributed by atoms with Crippen LogP contribution in [0.15, 0.2) is 39.7 Å². The van der Waals surface area contributed by atoms with E-state index in [9.17, 15) is 9.59 Å². The predicted octanol–water partition coefficient (Wildman–Crippen LogP) is 5.06. The van der Waals surface area contributed by atoms with Crippen LogP contribution in [0, 0.1) is 20.8 Å². The molecule has 0 aliphatic carbocycles. The molecule has 0 radical (unpaired) electrons. The summed E-state index contributed by atoms with van der Waals surface area (Å²) in [5.74, 6) is -0.360. The van der Waals surface area contributed by atoms with Crippen molar-refractivity contribution in [3.63, 3.8) is 0 Å². The molecule has 2 heterocycles. The normalized spacial score (nSPS) is 15.4. The van der Waals surface area contributed by atoms with Crippen LogP contribution in [-0.4, -0.2) is 10.5 Å². The van der Waals surface area contributed by atoms with Gasteiger partial charge in [0.2, 0.25) is 5.43 Å². The minimum absolute atomic E-state index is 0.180. The van der Waals surface area contributed by atoms with Crippen LogP contribution in [0.25, 0.3) is 10.9 Å². The van der Waals surface area contributed by atoms with Crippen molar-refractivity contribution in [2.45, 2.75) is 40.2 Å². The summed E-state index contributed by atoms with van der Waals surface area (Å²) in [6, 6.07) is 8.14. The van der Waals surface area contributed by atoms with E-state index in [1.807, 2.05) is 39.0 Å². The second-order valence-corrected chi connectivity index (χ2v) is 8.44. The maximum atomic E-state index is 13.1. The molecule has 27 heavy (non-hydrogen) atoms. The topological polar surface area (TPSA) is 51.1 Å². The Morgan fingerprint density at radius 3 is 2.48 bits per heavy atom. The van der Waals surface area contributed by atoms with Crippen LogP contribution in [-0.2, 0) is 6.42 Å². The Bertz CT molecular complexity index is 1150. The average molecular weight is 425 g/mol. The van der Waals surface area contributed by atoms with E-state index >= 15 is 0 Å². The largest absolute Gasteiger partial charge is 0.343 e. The summed E-state index contributed by atoms with van der Waals surface area (Å²) in [7, 11) is 0. The van der Waals surface area contributed by atoms with Gasteiger partial charge in [-0.25, -0.2) is 0 Å². The molecule has 0 fully saturated rings. The monoisotopic (exact) mass is 424 g/mol. The Morgan fingerprint density at radius 1 is 1.15 bits per heavy atom. The van der Waals surface area contributed by atoms with Crippen molar-refractivity contribution in [2.24, 2.45) is 0 Å². The van der Waals surface area contributed by atoms with Crippen molar-refractivity contribution < 1.29 is 4.79 Å². The number of nitrogens with zero attached hydrogens (tertiary/aromatic N) is 1. The highest BCUT2D eigenvalue weighted by atomic mass is 79.9. The zero-order valence-electron chi connectivity index (χ0n) is 15.8. The van der Waals surface area contributed by atoms with E-state index in [0.29, 0.717) is 5.39 Å². The van der Waals surface area contributed by atoms with Gasteiger partial charge in [-0.15, -0.1) is 0 Å². The van der Waals surface area contributed by atoms with Crippen molar-refractivity contribution >= 4 is 38.4 Å². The first-order valence-electron chi connectivity index (χ1n) is 9.02. The third-order valence-corrected chi connectivity index (χ3v) is 5.78. The molecule has 1 aliphatic heterocycles. The molecule has 1 amide bonds. The number of rotatable bonds is 2. The number of aryl methyl sites for hydroxylation is 3. The Kier molecular flexibility index (Phi) is 4.22. The third kappa shape index (κ3) is 2.90. The number of hydrogen-bond donors (Lipinski definition) is 1. The van der Waals surface area contributed by atoms with Crippen molar-refractivity contribution in [1.29, 1.82) is 0 Å². The smallest absolute Gasteiger partial charge is 0.261 e. The van der Waals surface area contributed by atoms with Gasteiger partial charge in [-0.2, -0.15) is 0 Å². The van der Waals surface area contributed by atoms with Crippen molar-refractivity contribution in [3.8, 4) is 0 Å². The number of carbonyl (C=O) groups excluding carboxylic acids is 1. The van der Waals surface area contributed by atoms with Gasteiger partial charge < -0.3 is 9.88 Å². The van der Waals surface area contributed by atoms with Gasteiger partial charge in [-0.05, 0) is 62.9 Å². The lowest BCUT2D eigenvalue weighted by Gasteiger charge is -2.15. The van der Waals surface area contributed by atoms with E-state index in [-0.39, 0.29) is 22.9 Å². The second kappa shape index (κ2) is 6.34. The number of aromatic nitrogens is 1. The molecule has 1 aliphatic rings. The first-order valence-corrected chi connectivity index (χ1v) is 9.82. The predicted molar refractivity (Wildman–Crippen MR) is 113 cm³/mol. The Hall–Kier alpha value is -2.40. The number of pyridine rings is 1. The van der Waals surface area contributed by atoms with Gasteiger partial charge in [0.1, 0.15) is 5.56 Å². The first-order chi connectivity index (χ1) is 12.8. The van der Waals surface area contributed by atoms with Crippen LogP contribution in [0.4, 0.5) is 5.69 Å². The Morgan fingerprint density at radius 2 is 1.81 bits per heavy atom. The van der Waals surface area contributed by atoms with E-state index in [1.54, 1.807) is 6.20 Å². The van der Waals surface area contributed by atoms with Crippen LogP contribution in [0.1, 0.15) is 45.6 Å². The highest BCUT2D eigenvalue weighted by molar-refractivity contribution is 9.10. The molecule has 0 saturated carbocycles. The van der Waals surface area contributed by atoms with Gasteiger partial charge in [0.15, 0.2) is 0 Å². The SMILES string of the molecule is Cc1cc(C)c(NC(=O)c2cn3c4c(cc(Br)cc4c2=O)C[C@@H]3C)c(C)c1. The highest BCUT2D eigenvalue weighted by Crippen LogP contribution is 2.33. The lowest BCUT2D eigenvalue weighted by Crippen LogP contribution is -2.24. The zero-order valence-corrected chi connectivity index (χ0v) is 17.4. The molecule has 2 aromatic carbocycles. The summed E-state index contributed by atoms with van der Waals surface area (Å²) in [6.45, 7) is 8.07. The zero-order chi connectivity index (χ0) is 19.5. The molecule has 138 valence electrons. The van der Waals surface area contributed by atoms with Crippen molar-refractivity contribution in [2.75, 3.05) is 5.32 Å². The van der Waals surface area contributed by atoms with E-state index in [0.717, 1.165) is 44.4 Å². The Balaban J connectivity index is 1.85. The lowest BCUT2D eigenvalue weighted by atomic mass is 10.0. The molecule has 0 bridgehead atoms. The Labute approximate surface area is 166 Å². The molecular formula is C22H21BrN2O2. The number of hydrogen-bond acceptors (Lipinski definition) is 2. The van der Waals surface area contributed by atoms with Crippen molar-refractivity contribution in [3.05, 3.63) is 73.0 Å². The molecule has 0 saturated heterocycles.